The van der Waals surface area contributed by atoms with Crippen LogP contribution in [0.2, 0.25) is 0 Å². The number of hydrogen-bond donors (Lipinski definition) is 1. The lowest BCUT2D eigenvalue weighted by Crippen LogP contribution is -2.08. The van der Waals surface area contributed by atoms with E-state index in [0.29, 0.717) is 22.5 Å². The van der Waals surface area contributed by atoms with Crippen LogP contribution in [-0.2, 0) is 6.42 Å². The third kappa shape index (κ3) is 5.25. The fraction of sp³-hybridized carbons (Fsp3) is 0.250. The number of ketones is 1. The third-order valence-corrected chi connectivity index (χ3v) is 4.75. The summed E-state index contributed by atoms with van der Waals surface area (Å²) in [6.07, 6.45) is 2.23. The molecular formula is C24H26F2N2O. The highest BCUT2D eigenvalue weighted by Gasteiger charge is 2.12. The number of Topliss-reactive ketones (excluding diaryl/α,β-unsaturated/α-hetero) is 1. The molecule has 5 heteroatoms. The number of aliphatic imine (C=N–C) groups is 1. The Hall–Kier alpha value is -3.08. The highest BCUT2D eigenvalue weighted by Crippen LogP contribution is 2.23. The molecule has 0 fully saturated rings. The fourth-order valence-electron chi connectivity index (χ4n) is 2.86. The average molecular weight is 396 g/mol. The normalized spacial score (nSPS) is 12.1. The molecule has 0 aliphatic carbocycles. The summed E-state index contributed by atoms with van der Waals surface area (Å²) in [5.74, 6) is -1.69. The Bertz CT molecular complexity index is 1020. The van der Waals surface area contributed by atoms with Gasteiger partial charge in [0, 0.05) is 23.0 Å². The average Bonchev–Trinajstić information content (AvgIpc) is 2.69. The van der Waals surface area contributed by atoms with E-state index in [1.807, 2.05) is 19.1 Å². The summed E-state index contributed by atoms with van der Waals surface area (Å²) in [6.45, 7) is 12.5. The minimum atomic E-state index is -0.874. The van der Waals surface area contributed by atoms with Crippen molar-refractivity contribution in [2.24, 2.45) is 4.99 Å². The zero-order valence-electron chi connectivity index (χ0n) is 17.5. The van der Waals surface area contributed by atoms with Crippen molar-refractivity contribution in [1.82, 2.24) is 0 Å². The molecule has 0 aromatic heterocycles. The molecule has 0 unspecified atom stereocenters. The number of rotatable bonds is 7. The number of hydrogen-bond acceptors (Lipinski definition) is 3. The largest absolute Gasteiger partial charge is 0.355 e. The number of halogens is 2. The van der Waals surface area contributed by atoms with Crippen molar-refractivity contribution in [2.45, 2.75) is 41.0 Å². The number of nitrogens with one attached hydrogen (secondary N) is 1. The van der Waals surface area contributed by atoms with E-state index in [2.05, 4.69) is 16.9 Å². The first kappa shape index (κ1) is 22.2. The van der Waals surface area contributed by atoms with Gasteiger partial charge in [-0.2, -0.15) is 0 Å². The number of anilines is 1. The summed E-state index contributed by atoms with van der Waals surface area (Å²) in [5.41, 5.74) is 4.59. The molecule has 0 amide bonds. The summed E-state index contributed by atoms with van der Waals surface area (Å²) in [7, 11) is 0. The molecule has 0 saturated heterocycles. The quantitative estimate of drug-likeness (QED) is 0.429. The molecule has 2 aromatic carbocycles. The van der Waals surface area contributed by atoms with Crippen LogP contribution in [0.4, 0.5) is 14.5 Å². The van der Waals surface area contributed by atoms with Crippen LogP contribution < -0.4 is 5.32 Å². The van der Waals surface area contributed by atoms with E-state index in [0.717, 1.165) is 17.7 Å². The van der Waals surface area contributed by atoms with Gasteiger partial charge in [-0.05, 0) is 69.0 Å². The molecule has 0 bridgehead atoms. The standard InChI is InChI=1S/C24H26F2N2O/c1-7-19-12-20(9-11-22(19)18(6)29)28-17(5)16(4)27-13-15(3)21-10-8-14(2)23(25)24(21)26/h8-13,28H,5,7H2,1-4,6H3/b15-13+,27-16?. The molecule has 3 nitrogen and oxygen atoms in total. The van der Waals surface area contributed by atoms with Crippen LogP contribution in [0.15, 0.2) is 53.8 Å². The van der Waals surface area contributed by atoms with Crippen LogP contribution in [0, 0.1) is 18.6 Å². The summed E-state index contributed by atoms with van der Waals surface area (Å²) >= 11 is 0. The Labute approximate surface area is 170 Å². The SMILES string of the molecule is C=C(Nc1ccc(C(C)=O)c(CC)c1)C(C)=N/C=C(\C)c1ccc(C)c(F)c1F. The van der Waals surface area contributed by atoms with Crippen molar-refractivity contribution < 1.29 is 13.6 Å². The molecular weight excluding hydrogens is 370 g/mol. The van der Waals surface area contributed by atoms with Gasteiger partial charge in [-0.25, -0.2) is 8.78 Å². The second-order valence-corrected chi connectivity index (χ2v) is 6.97. The molecule has 0 atom stereocenters. The lowest BCUT2D eigenvalue weighted by molar-refractivity contribution is 0.101. The number of allylic oxidation sites excluding steroid dienone is 2. The summed E-state index contributed by atoms with van der Waals surface area (Å²) in [4.78, 5) is 16.0. The molecule has 152 valence electrons. The monoisotopic (exact) mass is 396 g/mol. The molecule has 0 aliphatic rings. The van der Waals surface area contributed by atoms with Gasteiger partial charge in [-0.15, -0.1) is 0 Å². The van der Waals surface area contributed by atoms with E-state index in [1.54, 1.807) is 32.9 Å². The molecule has 2 aromatic rings. The third-order valence-electron chi connectivity index (χ3n) is 4.75. The Balaban J connectivity index is 2.20. The van der Waals surface area contributed by atoms with Crippen molar-refractivity contribution in [1.29, 1.82) is 0 Å². The van der Waals surface area contributed by atoms with Crippen LogP contribution in [0.1, 0.15) is 54.7 Å². The van der Waals surface area contributed by atoms with E-state index in [-0.39, 0.29) is 16.9 Å². The van der Waals surface area contributed by atoms with Gasteiger partial charge in [0.1, 0.15) is 0 Å². The van der Waals surface area contributed by atoms with Gasteiger partial charge in [0.05, 0.1) is 11.4 Å². The molecule has 1 N–H and O–H groups in total. The van der Waals surface area contributed by atoms with Crippen LogP contribution in [0.5, 0.6) is 0 Å². The first-order valence-electron chi connectivity index (χ1n) is 9.42. The second kappa shape index (κ2) is 9.41. The van der Waals surface area contributed by atoms with Crippen molar-refractivity contribution in [3.05, 3.63) is 82.7 Å². The van der Waals surface area contributed by atoms with Crippen molar-refractivity contribution in [3.63, 3.8) is 0 Å². The zero-order chi connectivity index (χ0) is 21.7. The Morgan fingerprint density at radius 2 is 1.76 bits per heavy atom. The number of benzene rings is 2. The molecule has 0 aliphatic heterocycles. The lowest BCUT2D eigenvalue weighted by atomic mass is 10.0. The Morgan fingerprint density at radius 1 is 1.10 bits per heavy atom. The van der Waals surface area contributed by atoms with Crippen LogP contribution in [0.25, 0.3) is 5.57 Å². The fourth-order valence-corrected chi connectivity index (χ4v) is 2.86. The van der Waals surface area contributed by atoms with Crippen molar-refractivity contribution >= 4 is 22.8 Å². The van der Waals surface area contributed by atoms with Gasteiger partial charge in [0.25, 0.3) is 0 Å². The highest BCUT2D eigenvalue weighted by molar-refractivity contribution is 6.01. The Morgan fingerprint density at radius 3 is 2.38 bits per heavy atom. The number of carbonyl (C=O) groups is 1. The van der Waals surface area contributed by atoms with Gasteiger partial charge in [-0.1, -0.05) is 25.6 Å². The summed E-state index contributed by atoms with van der Waals surface area (Å²) < 4.78 is 27.9. The molecule has 0 saturated carbocycles. The van der Waals surface area contributed by atoms with E-state index in [9.17, 15) is 13.6 Å². The van der Waals surface area contributed by atoms with Crippen LogP contribution in [0.3, 0.4) is 0 Å². The van der Waals surface area contributed by atoms with E-state index < -0.39 is 11.6 Å². The van der Waals surface area contributed by atoms with Crippen molar-refractivity contribution in [3.8, 4) is 0 Å². The number of carbonyl (C=O) groups excluding carboxylic acids is 1. The summed E-state index contributed by atoms with van der Waals surface area (Å²) in [6, 6.07) is 8.61. The molecule has 0 radical (unpaired) electrons. The predicted octanol–water partition coefficient (Wildman–Crippen LogP) is 6.49. The summed E-state index contributed by atoms with van der Waals surface area (Å²) in [5, 5.41) is 3.17. The van der Waals surface area contributed by atoms with Gasteiger partial charge in [-0.3, -0.25) is 9.79 Å². The molecule has 29 heavy (non-hydrogen) atoms. The first-order chi connectivity index (χ1) is 13.6. The topological polar surface area (TPSA) is 41.5 Å². The van der Waals surface area contributed by atoms with Gasteiger partial charge >= 0.3 is 0 Å². The molecule has 0 spiro atoms. The second-order valence-electron chi connectivity index (χ2n) is 6.97. The molecule has 0 heterocycles. The van der Waals surface area contributed by atoms with E-state index in [4.69, 9.17) is 0 Å². The minimum Gasteiger partial charge on any atom is -0.355 e. The highest BCUT2D eigenvalue weighted by atomic mass is 19.2. The zero-order valence-corrected chi connectivity index (χ0v) is 17.5. The van der Waals surface area contributed by atoms with Crippen LogP contribution in [-0.4, -0.2) is 11.5 Å². The maximum Gasteiger partial charge on any atom is 0.166 e. The van der Waals surface area contributed by atoms with Crippen LogP contribution >= 0.6 is 0 Å². The maximum absolute atomic E-state index is 14.1. The van der Waals surface area contributed by atoms with Crippen molar-refractivity contribution in [2.75, 3.05) is 5.32 Å². The molecule has 2 rings (SSSR count). The lowest BCUT2D eigenvalue weighted by Gasteiger charge is -2.12. The number of aryl methyl sites for hydroxylation is 2. The van der Waals surface area contributed by atoms with Gasteiger partial charge in [0.15, 0.2) is 17.4 Å². The minimum absolute atomic E-state index is 0.0327. The maximum atomic E-state index is 14.1. The number of nitrogens with zero attached hydrogens (tertiary/aromatic N) is 1. The van der Waals surface area contributed by atoms with Gasteiger partial charge < -0.3 is 5.32 Å². The van der Waals surface area contributed by atoms with E-state index in [1.165, 1.54) is 19.2 Å². The van der Waals surface area contributed by atoms with E-state index >= 15 is 0 Å². The van der Waals surface area contributed by atoms with Gasteiger partial charge in [0.2, 0.25) is 0 Å². The Kier molecular flexibility index (Phi) is 7.21. The predicted molar refractivity (Wildman–Crippen MR) is 116 cm³/mol. The smallest absolute Gasteiger partial charge is 0.166 e. The first-order valence-corrected chi connectivity index (χ1v) is 9.42.